The highest BCUT2D eigenvalue weighted by Crippen LogP contribution is 2.30. The molecule has 29 heavy (non-hydrogen) atoms. The van der Waals surface area contributed by atoms with Crippen molar-refractivity contribution in [1.82, 2.24) is 4.98 Å². The van der Waals surface area contributed by atoms with Crippen molar-refractivity contribution in [2.45, 2.75) is 26.7 Å². The van der Waals surface area contributed by atoms with E-state index in [9.17, 15) is 4.79 Å². The summed E-state index contributed by atoms with van der Waals surface area (Å²) in [5, 5.41) is 3.93. The van der Waals surface area contributed by atoms with Gasteiger partial charge in [0.1, 0.15) is 0 Å². The largest absolute Gasteiger partial charge is 0.322 e. The minimum absolute atomic E-state index is 0.115. The molecule has 3 nitrogen and oxygen atoms in total. The van der Waals surface area contributed by atoms with E-state index in [2.05, 4.69) is 31.3 Å². The highest BCUT2D eigenvalue weighted by molar-refractivity contribution is 6.14. The lowest BCUT2D eigenvalue weighted by atomic mass is 9.97. The molecule has 0 fully saturated rings. The molecular formula is C26H24N2O. The van der Waals surface area contributed by atoms with Crippen molar-refractivity contribution in [2.75, 3.05) is 5.32 Å². The van der Waals surface area contributed by atoms with Crippen LogP contribution < -0.4 is 5.32 Å². The van der Waals surface area contributed by atoms with Crippen LogP contribution in [0.3, 0.4) is 0 Å². The molecule has 0 bridgehead atoms. The molecule has 4 rings (SSSR count). The first-order valence-electron chi connectivity index (χ1n) is 9.90. The molecule has 3 heteroatoms. The van der Waals surface area contributed by atoms with E-state index in [-0.39, 0.29) is 5.91 Å². The van der Waals surface area contributed by atoms with Crippen LogP contribution in [0.5, 0.6) is 0 Å². The first kappa shape index (κ1) is 18.9. The van der Waals surface area contributed by atoms with Crippen LogP contribution >= 0.6 is 0 Å². The van der Waals surface area contributed by atoms with Crippen molar-refractivity contribution < 1.29 is 4.79 Å². The second-order valence-corrected chi connectivity index (χ2v) is 7.57. The Hall–Kier alpha value is -3.46. The molecule has 0 aliphatic heterocycles. The van der Waals surface area contributed by atoms with E-state index in [1.165, 1.54) is 5.56 Å². The molecular weight excluding hydrogens is 356 g/mol. The molecule has 4 aromatic rings. The van der Waals surface area contributed by atoms with Crippen molar-refractivity contribution in [3.63, 3.8) is 0 Å². The fourth-order valence-electron chi connectivity index (χ4n) is 3.62. The highest BCUT2D eigenvalue weighted by atomic mass is 16.1. The van der Waals surface area contributed by atoms with Crippen molar-refractivity contribution in [2.24, 2.45) is 0 Å². The number of hydrogen-bond acceptors (Lipinski definition) is 2. The van der Waals surface area contributed by atoms with E-state index < -0.39 is 0 Å². The summed E-state index contributed by atoms with van der Waals surface area (Å²) in [5.41, 5.74) is 6.25. The van der Waals surface area contributed by atoms with Crippen molar-refractivity contribution in [3.05, 3.63) is 95.6 Å². The Morgan fingerprint density at radius 3 is 2.21 bits per heavy atom. The Labute approximate surface area is 171 Å². The topological polar surface area (TPSA) is 42.0 Å². The molecule has 1 aromatic heterocycles. The summed E-state index contributed by atoms with van der Waals surface area (Å²) < 4.78 is 0. The summed E-state index contributed by atoms with van der Waals surface area (Å²) in [7, 11) is 0. The van der Waals surface area contributed by atoms with E-state index >= 15 is 0 Å². The summed E-state index contributed by atoms with van der Waals surface area (Å²) in [6.45, 7) is 6.29. The van der Waals surface area contributed by atoms with Gasteiger partial charge in [0.25, 0.3) is 5.91 Å². The first-order chi connectivity index (χ1) is 14.0. The quantitative estimate of drug-likeness (QED) is 0.434. The van der Waals surface area contributed by atoms with Crippen LogP contribution in [0, 0.1) is 6.92 Å². The molecule has 1 amide bonds. The Bertz CT molecular complexity index is 1160. The SMILES string of the molecule is Cc1c(-c2ccccc2)nc2ccccc2c1C(=O)Nc1ccc(C(C)C)cc1. The van der Waals surface area contributed by atoms with Gasteiger partial charge in [0.05, 0.1) is 16.8 Å². The number of hydrogen-bond donors (Lipinski definition) is 1. The number of carbonyl (C=O) groups is 1. The average Bonchev–Trinajstić information content (AvgIpc) is 2.74. The van der Waals surface area contributed by atoms with Crippen molar-refractivity contribution in [3.8, 4) is 11.3 Å². The van der Waals surface area contributed by atoms with E-state index in [1.54, 1.807) is 0 Å². The van der Waals surface area contributed by atoms with Gasteiger partial charge in [-0.3, -0.25) is 4.79 Å². The van der Waals surface area contributed by atoms with Gasteiger partial charge in [0.2, 0.25) is 0 Å². The zero-order valence-electron chi connectivity index (χ0n) is 16.9. The third kappa shape index (κ3) is 3.77. The van der Waals surface area contributed by atoms with Crippen LogP contribution in [-0.4, -0.2) is 10.9 Å². The number of pyridine rings is 1. The molecule has 0 unspecified atom stereocenters. The fraction of sp³-hybridized carbons (Fsp3) is 0.154. The summed E-state index contributed by atoms with van der Waals surface area (Å²) in [6, 6.07) is 25.9. The molecule has 0 spiro atoms. The number of para-hydroxylation sites is 1. The van der Waals surface area contributed by atoms with Gasteiger partial charge >= 0.3 is 0 Å². The number of amides is 1. The second kappa shape index (κ2) is 7.88. The zero-order chi connectivity index (χ0) is 20.4. The minimum Gasteiger partial charge on any atom is -0.322 e. The lowest BCUT2D eigenvalue weighted by Gasteiger charge is -2.15. The molecule has 0 radical (unpaired) electrons. The van der Waals surface area contributed by atoms with Crippen LogP contribution in [0.25, 0.3) is 22.2 Å². The van der Waals surface area contributed by atoms with Gasteiger partial charge in [-0.05, 0) is 42.2 Å². The number of nitrogens with zero attached hydrogens (tertiary/aromatic N) is 1. The van der Waals surface area contributed by atoms with Crippen LogP contribution in [-0.2, 0) is 0 Å². The summed E-state index contributed by atoms with van der Waals surface area (Å²) in [4.78, 5) is 18.2. The average molecular weight is 380 g/mol. The van der Waals surface area contributed by atoms with Gasteiger partial charge in [0.15, 0.2) is 0 Å². The Morgan fingerprint density at radius 1 is 0.862 bits per heavy atom. The molecule has 0 aliphatic carbocycles. The number of anilines is 1. The maximum absolute atomic E-state index is 13.3. The van der Waals surface area contributed by atoms with Gasteiger partial charge in [-0.15, -0.1) is 0 Å². The smallest absolute Gasteiger partial charge is 0.256 e. The van der Waals surface area contributed by atoms with Gasteiger partial charge < -0.3 is 5.32 Å². The van der Waals surface area contributed by atoms with Gasteiger partial charge in [-0.25, -0.2) is 4.98 Å². The van der Waals surface area contributed by atoms with Gasteiger partial charge in [-0.1, -0.05) is 74.5 Å². The minimum atomic E-state index is -0.115. The Kier molecular flexibility index (Phi) is 5.13. The third-order valence-electron chi connectivity index (χ3n) is 5.25. The van der Waals surface area contributed by atoms with Crippen molar-refractivity contribution >= 4 is 22.5 Å². The third-order valence-corrected chi connectivity index (χ3v) is 5.25. The fourth-order valence-corrected chi connectivity index (χ4v) is 3.62. The number of rotatable bonds is 4. The van der Waals surface area contributed by atoms with E-state index in [1.807, 2.05) is 73.7 Å². The maximum atomic E-state index is 13.3. The van der Waals surface area contributed by atoms with Gasteiger partial charge in [-0.2, -0.15) is 0 Å². The van der Waals surface area contributed by atoms with Crippen molar-refractivity contribution in [1.29, 1.82) is 0 Å². The molecule has 1 heterocycles. The normalized spacial score (nSPS) is 11.0. The predicted octanol–water partition coefficient (Wildman–Crippen LogP) is 6.59. The Morgan fingerprint density at radius 2 is 1.52 bits per heavy atom. The molecule has 144 valence electrons. The van der Waals surface area contributed by atoms with E-state index in [0.717, 1.165) is 33.4 Å². The highest BCUT2D eigenvalue weighted by Gasteiger charge is 2.19. The number of carbonyl (C=O) groups excluding carboxylic acids is 1. The maximum Gasteiger partial charge on any atom is 0.256 e. The number of aromatic nitrogens is 1. The number of benzene rings is 3. The predicted molar refractivity (Wildman–Crippen MR) is 120 cm³/mol. The molecule has 0 saturated carbocycles. The zero-order valence-corrected chi connectivity index (χ0v) is 16.9. The van der Waals surface area contributed by atoms with Crippen LogP contribution in [0.15, 0.2) is 78.9 Å². The summed E-state index contributed by atoms with van der Waals surface area (Å²) >= 11 is 0. The standard InChI is InChI=1S/C26H24N2O/c1-17(2)19-13-15-21(16-14-19)27-26(29)24-18(3)25(20-9-5-4-6-10-20)28-23-12-8-7-11-22(23)24/h4-17H,1-3H3,(H,27,29). The van der Waals surface area contributed by atoms with Crippen LogP contribution in [0.2, 0.25) is 0 Å². The molecule has 1 N–H and O–H groups in total. The van der Waals surface area contributed by atoms with Crippen LogP contribution in [0.1, 0.15) is 41.3 Å². The molecule has 0 atom stereocenters. The monoisotopic (exact) mass is 380 g/mol. The molecule has 3 aromatic carbocycles. The number of nitrogens with one attached hydrogen (secondary N) is 1. The van der Waals surface area contributed by atoms with E-state index in [0.29, 0.717) is 11.5 Å². The molecule has 0 aliphatic rings. The Balaban J connectivity index is 1.79. The second-order valence-electron chi connectivity index (χ2n) is 7.57. The summed E-state index contributed by atoms with van der Waals surface area (Å²) in [6.07, 6.45) is 0. The number of fused-ring (bicyclic) bond motifs is 1. The summed E-state index contributed by atoms with van der Waals surface area (Å²) in [5.74, 6) is 0.343. The van der Waals surface area contributed by atoms with Gasteiger partial charge in [0, 0.05) is 16.6 Å². The lowest BCUT2D eigenvalue weighted by Crippen LogP contribution is -2.15. The molecule has 0 saturated heterocycles. The first-order valence-corrected chi connectivity index (χ1v) is 9.90. The van der Waals surface area contributed by atoms with Crippen LogP contribution in [0.4, 0.5) is 5.69 Å². The van der Waals surface area contributed by atoms with E-state index in [4.69, 9.17) is 4.98 Å². The lowest BCUT2D eigenvalue weighted by molar-refractivity contribution is 0.102.